The summed E-state index contributed by atoms with van der Waals surface area (Å²) in [5, 5.41) is 8.30. The highest BCUT2D eigenvalue weighted by atomic mass is 32.1. The third-order valence-electron chi connectivity index (χ3n) is 3.61. The topological polar surface area (TPSA) is 89.5 Å². The summed E-state index contributed by atoms with van der Waals surface area (Å²) in [4.78, 5) is 29.8. The maximum absolute atomic E-state index is 12.6. The molecular weight excluding hydrogens is 328 g/mol. The van der Waals surface area contributed by atoms with Crippen LogP contribution in [0.1, 0.15) is 49.5 Å². The number of carbonyl (C=O) groups is 1. The number of carbonyl (C=O) groups excluding carboxylic acids is 1. The summed E-state index contributed by atoms with van der Waals surface area (Å²) in [5.74, 6) is 0.369. The predicted octanol–water partition coefficient (Wildman–Crippen LogP) is 2.86. The second-order valence-corrected chi connectivity index (χ2v) is 7.29. The molecule has 7 nitrogen and oxygen atoms in total. The average Bonchev–Trinajstić information content (AvgIpc) is 3.13. The summed E-state index contributed by atoms with van der Waals surface area (Å²) in [5.41, 5.74) is 0.206. The van der Waals surface area contributed by atoms with Gasteiger partial charge in [-0.05, 0) is 6.42 Å². The largest absolute Gasteiger partial charge is 0.359 e. The van der Waals surface area contributed by atoms with E-state index >= 15 is 0 Å². The molecule has 3 aromatic heterocycles. The van der Waals surface area contributed by atoms with Crippen molar-refractivity contribution < 1.29 is 9.32 Å². The lowest BCUT2D eigenvalue weighted by atomic mass is 9.93. The minimum absolute atomic E-state index is 0.0269. The molecule has 0 unspecified atom stereocenters. The maximum atomic E-state index is 12.6. The smallest absolute Gasteiger partial charge is 0.271 e. The number of anilines is 1. The van der Waals surface area contributed by atoms with Crippen molar-refractivity contribution >= 4 is 28.0 Å². The van der Waals surface area contributed by atoms with Gasteiger partial charge in [0, 0.05) is 28.8 Å². The van der Waals surface area contributed by atoms with Gasteiger partial charge in [-0.1, -0.05) is 32.9 Å². The minimum atomic E-state index is -0.552. The molecule has 0 spiro atoms. The van der Waals surface area contributed by atoms with Gasteiger partial charge in [-0.3, -0.25) is 14.0 Å². The van der Waals surface area contributed by atoms with Crippen LogP contribution >= 0.6 is 11.3 Å². The fraction of sp³-hybridized carbons (Fsp3) is 0.375. The summed E-state index contributed by atoms with van der Waals surface area (Å²) < 4.78 is 6.70. The van der Waals surface area contributed by atoms with Crippen molar-refractivity contribution in [3.63, 3.8) is 0 Å². The fourth-order valence-corrected chi connectivity index (χ4v) is 3.15. The zero-order chi connectivity index (χ0) is 17.5. The van der Waals surface area contributed by atoms with Gasteiger partial charge in [0.25, 0.3) is 11.5 Å². The first-order chi connectivity index (χ1) is 11.3. The van der Waals surface area contributed by atoms with Gasteiger partial charge in [-0.25, -0.2) is 4.98 Å². The van der Waals surface area contributed by atoms with Gasteiger partial charge >= 0.3 is 0 Å². The average molecular weight is 346 g/mol. The highest BCUT2D eigenvalue weighted by Crippen LogP contribution is 2.24. The number of aryl methyl sites for hydroxylation is 1. The number of hydrogen-bond donors (Lipinski definition) is 1. The second-order valence-electron chi connectivity index (χ2n) is 6.46. The van der Waals surface area contributed by atoms with Gasteiger partial charge in [0.05, 0.1) is 0 Å². The third-order valence-corrected chi connectivity index (χ3v) is 4.50. The molecule has 126 valence electrons. The maximum Gasteiger partial charge on any atom is 0.271 e. The van der Waals surface area contributed by atoms with Crippen molar-refractivity contribution in [2.24, 2.45) is 0 Å². The molecule has 8 heteroatoms. The summed E-state index contributed by atoms with van der Waals surface area (Å²) in [6, 6.07) is 1.66. The van der Waals surface area contributed by atoms with Crippen LogP contribution in [0.4, 0.5) is 5.82 Å². The van der Waals surface area contributed by atoms with E-state index in [4.69, 9.17) is 4.52 Å². The van der Waals surface area contributed by atoms with Gasteiger partial charge < -0.3 is 9.84 Å². The Morgan fingerprint density at radius 2 is 2.17 bits per heavy atom. The molecule has 0 saturated carbocycles. The van der Waals surface area contributed by atoms with Crippen molar-refractivity contribution in [2.75, 3.05) is 5.32 Å². The zero-order valence-corrected chi connectivity index (χ0v) is 14.7. The molecule has 0 aromatic carbocycles. The lowest BCUT2D eigenvalue weighted by Crippen LogP contribution is -2.27. The van der Waals surface area contributed by atoms with Crippen molar-refractivity contribution in [1.82, 2.24) is 14.5 Å². The Balaban J connectivity index is 1.93. The Labute approximate surface area is 142 Å². The van der Waals surface area contributed by atoms with Gasteiger partial charge in [-0.2, -0.15) is 0 Å². The number of thiazole rings is 1. The van der Waals surface area contributed by atoms with Crippen LogP contribution in [0.15, 0.2) is 27.0 Å². The van der Waals surface area contributed by atoms with E-state index in [-0.39, 0.29) is 22.4 Å². The van der Waals surface area contributed by atoms with E-state index in [0.29, 0.717) is 17.1 Å². The van der Waals surface area contributed by atoms with E-state index in [1.54, 1.807) is 6.07 Å². The number of amides is 1. The molecular formula is C16H18N4O3S. The van der Waals surface area contributed by atoms with E-state index in [2.05, 4.69) is 15.5 Å². The molecule has 0 fully saturated rings. The predicted molar refractivity (Wildman–Crippen MR) is 91.9 cm³/mol. The quantitative estimate of drug-likeness (QED) is 0.787. The summed E-state index contributed by atoms with van der Waals surface area (Å²) in [6.45, 7) is 7.88. The van der Waals surface area contributed by atoms with Crippen LogP contribution in [0.5, 0.6) is 0 Å². The Morgan fingerprint density at radius 3 is 2.79 bits per heavy atom. The molecule has 0 aliphatic heterocycles. The fourth-order valence-electron chi connectivity index (χ4n) is 2.22. The van der Waals surface area contributed by atoms with E-state index in [0.717, 1.165) is 5.69 Å². The van der Waals surface area contributed by atoms with Crippen molar-refractivity contribution in [3.05, 3.63) is 45.0 Å². The number of nitrogens with one attached hydrogen (secondary N) is 1. The normalized spacial score (nSPS) is 11.8. The first-order valence-electron chi connectivity index (χ1n) is 7.58. The molecule has 1 N–H and O–H groups in total. The third kappa shape index (κ3) is 2.84. The zero-order valence-electron chi connectivity index (χ0n) is 13.9. The molecule has 0 atom stereocenters. The Bertz CT molecular complexity index is 962. The first-order valence-corrected chi connectivity index (χ1v) is 8.46. The standard InChI is InChI=1S/C16H18N4O3S/c1-5-9-8-24-15-17-7-10(14(22)20(9)15)13(21)18-12-6-11(23-19-12)16(2,3)4/h6-8H,5H2,1-4H3,(H,18,19,21). The molecule has 1 amide bonds. The van der Waals surface area contributed by atoms with Gasteiger partial charge in [0.15, 0.2) is 10.8 Å². The van der Waals surface area contributed by atoms with E-state index in [1.165, 1.54) is 21.9 Å². The van der Waals surface area contributed by atoms with Crippen LogP contribution in [-0.2, 0) is 11.8 Å². The van der Waals surface area contributed by atoms with Gasteiger partial charge in [0.1, 0.15) is 11.3 Å². The second kappa shape index (κ2) is 5.86. The van der Waals surface area contributed by atoms with Gasteiger partial charge in [-0.15, -0.1) is 11.3 Å². The number of rotatable bonds is 3. The van der Waals surface area contributed by atoms with Crippen LogP contribution < -0.4 is 10.9 Å². The summed E-state index contributed by atoms with van der Waals surface area (Å²) in [7, 11) is 0. The first kappa shape index (κ1) is 16.4. The molecule has 3 rings (SSSR count). The lowest BCUT2D eigenvalue weighted by molar-refractivity contribution is 0.102. The SMILES string of the molecule is CCc1csc2ncc(C(=O)Nc3cc(C(C)(C)C)on3)c(=O)n12. The van der Waals surface area contributed by atoms with Crippen molar-refractivity contribution in [2.45, 2.75) is 39.5 Å². The van der Waals surface area contributed by atoms with Gasteiger partial charge in [0.2, 0.25) is 0 Å². The van der Waals surface area contributed by atoms with Crippen LogP contribution in [0.3, 0.4) is 0 Å². The monoisotopic (exact) mass is 346 g/mol. The van der Waals surface area contributed by atoms with Crippen molar-refractivity contribution in [3.8, 4) is 0 Å². The van der Waals surface area contributed by atoms with Crippen LogP contribution in [-0.4, -0.2) is 20.4 Å². The molecule has 0 saturated heterocycles. The number of aromatic nitrogens is 3. The minimum Gasteiger partial charge on any atom is -0.359 e. The molecule has 0 radical (unpaired) electrons. The highest BCUT2D eigenvalue weighted by Gasteiger charge is 2.22. The molecule has 24 heavy (non-hydrogen) atoms. The Kier molecular flexibility index (Phi) is 4.00. The number of nitrogens with zero attached hydrogens (tertiary/aromatic N) is 3. The van der Waals surface area contributed by atoms with Crippen molar-refractivity contribution in [1.29, 1.82) is 0 Å². The van der Waals surface area contributed by atoms with E-state index < -0.39 is 5.91 Å². The van der Waals surface area contributed by atoms with E-state index in [1.807, 2.05) is 33.1 Å². The van der Waals surface area contributed by atoms with Crippen LogP contribution in [0.2, 0.25) is 0 Å². The summed E-state index contributed by atoms with van der Waals surface area (Å²) >= 11 is 1.38. The molecule has 0 bridgehead atoms. The number of hydrogen-bond acceptors (Lipinski definition) is 6. The highest BCUT2D eigenvalue weighted by molar-refractivity contribution is 7.15. The Morgan fingerprint density at radius 1 is 1.42 bits per heavy atom. The Hall–Kier alpha value is -2.48. The molecule has 0 aliphatic rings. The van der Waals surface area contributed by atoms with Crippen LogP contribution in [0, 0.1) is 0 Å². The number of fused-ring (bicyclic) bond motifs is 1. The molecule has 0 aliphatic carbocycles. The lowest BCUT2D eigenvalue weighted by Gasteiger charge is -2.12. The molecule has 3 heterocycles. The van der Waals surface area contributed by atoms with Crippen LogP contribution in [0.25, 0.3) is 4.96 Å². The van der Waals surface area contributed by atoms with E-state index in [9.17, 15) is 9.59 Å². The molecule has 3 aromatic rings. The summed E-state index contributed by atoms with van der Waals surface area (Å²) in [6.07, 6.45) is 1.98.